The van der Waals surface area contributed by atoms with Crippen LogP contribution in [0.25, 0.3) is 0 Å². The SMILES string of the molecule is Cc1ccc(CC(=O)NCC2CCC(N)CC2)cc1C. The summed E-state index contributed by atoms with van der Waals surface area (Å²) >= 11 is 0. The van der Waals surface area contributed by atoms with Crippen LogP contribution in [0.1, 0.15) is 42.4 Å². The normalized spacial score (nSPS) is 22.6. The number of hydrogen-bond donors (Lipinski definition) is 2. The van der Waals surface area contributed by atoms with Crippen molar-refractivity contribution < 1.29 is 4.79 Å². The van der Waals surface area contributed by atoms with E-state index in [0.717, 1.165) is 37.8 Å². The molecule has 3 heteroatoms. The van der Waals surface area contributed by atoms with Gasteiger partial charge in [0, 0.05) is 12.6 Å². The van der Waals surface area contributed by atoms with E-state index in [1.807, 2.05) is 6.07 Å². The molecule has 2 rings (SSSR count). The molecule has 0 bridgehead atoms. The van der Waals surface area contributed by atoms with Crippen LogP contribution in [-0.4, -0.2) is 18.5 Å². The zero-order chi connectivity index (χ0) is 14.5. The average molecular weight is 274 g/mol. The molecule has 1 aromatic rings. The van der Waals surface area contributed by atoms with Gasteiger partial charge < -0.3 is 11.1 Å². The Morgan fingerprint density at radius 3 is 2.55 bits per heavy atom. The highest BCUT2D eigenvalue weighted by molar-refractivity contribution is 5.78. The molecule has 0 atom stereocenters. The van der Waals surface area contributed by atoms with Crippen molar-refractivity contribution in [1.29, 1.82) is 0 Å². The van der Waals surface area contributed by atoms with Crippen molar-refractivity contribution in [3.05, 3.63) is 34.9 Å². The van der Waals surface area contributed by atoms with Gasteiger partial charge in [0.05, 0.1) is 6.42 Å². The average Bonchev–Trinajstić information content (AvgIpc) is 2.42. The quantitative estimate of drug-likeness (QED) is 0.886. The third-order valence-corrected chi connectivity index (χ3v) is 4.42. The van der Waals surface area contributed by atoms with E-state index in [1.54, 1.807) is 0 Å². The number of carbonyl (C=O) groups excluding carboxylic acids is 1. The molecule has 1 fully saturated rings. The first kappa shape index (κ1) is 15.0. The smallest absolute Gasteiger partial charge is 0.224 e. The molecule has 110 valence electrons. The number of carbonyl (C=O) groups is 1. The zero-order valence-corrected chi connectivity index (χ0v) is 12.6. The molecule has 3 N–H and O–H groups in total. The molecule has 0 heterocycles. The minimum Gasteiger partial charge on any atom is -0.356 e. The summed E-state index contributed by atoms with van der Waals surface area (Å²) in [6.07, 6.45) is 4.96. The first-order valence-corrected chi connectivity index (χ1v) is 7.63. The molecule has 0 radical (unpaired) electrons. The topological polar surface area (TPSA) is 55.1 Å². The van der Waals surface area contributed by atoms with E-state index in [0.29, 0.717) is 18.4 Å². The number of benzene rings is 1. The lowest BCUT2D eigenvalue weighted by Gasteiger charge is -2.26. The van der Waals surface area contributed by atoms with E-state index in [1.165, 1.54) is 11.1 Å². The van der Waals surface area contributed by atoms with Crippen molar-refractivity contribution in [3.63, 3.8) is 0 Å². The minimum absolute atomic E-state index is 0.128. The lowest BCUT2D eigenvalue weighted by atomic mass is 9.86. The molecule has 0 saturated heterocycles. The van der Waals surface area contributed by atoms with E-state index >= 15 is 0 Å². The summed E-state index contributed by atoms with van der Waals surface area (Å²) in [5.41, 5.74) is 9.51. The second-order valence-electron chi connectivity index (χ2n) is 6.18. The monoisotopic (exact) mass is 274 g/mol. The number of hydrogen-bond acceptors (Lipinski definition) is 2. The van der Waals surface area contributed by atoms with Crippen LogP contribution in [0.15, 0.2) is 18.2 Å². The third-order valence-electron chi connectivity index (χ3n) is 4.42. The summed E-state index contributed by atoms with van der Waals surface area (Å²) in [6.45, 7) is 4.98. The Bertz CT molecular complexity index is 462. The van der Waals surface area contributed by atoms with Crippen molar-refractivity contribution >= 4 is 5.91 Å². The van der Waals surface area contributed by atoms with Crippen LogP contribution in [0, 0.1) is 19.8 Å². The zero-order valence-electron chi connectivity index (χ0n) is 12.6. The van der Waals surface area contributed by atoms with E-state index in [2.05, 4.69) is 31.3 Å². The second-order valence-corrected chi connectivity index (χ2v) is 6.18. The number of rotatable bonds is 4. The van der Waals surface area contributed by atoms with Crippen LogP contribution in [0.2, 0.25) is 0 Å². The maximum absolute atomic E-state index is 12.0. The largest absolute Gasteiger partial charge is 0.356 e. The van der Waals surface area contributed by atoms with Gasteiger partial charge in [0.15, 0.2) is 0 Å². The number of aryl methyl sites for hydroxylation is 2. The highest BCUT2D eigenvalue weighted by Gasteiger charge is 2.18. The Morgan fingerprint density at radius 2 is 1.90 bits per heavy atom. The fraction of sp³-hybridized carbons (Fsp3) is 0.588. The summed E-state index contributed by atoms with van der Waals surface area (Å²) in [5, 5.41) is 3.07. The van der Waals surface area contributed by atoms with E-state index < -0.39 is 0 Å². The van der Waals surface area contributed by atoms with Crippen molar-refractivity contribution in [3.8, 4) is 0 Å². The van der Waals surface area contributed by atoms with Crippen LogP contribution < -0.4 is 11.1 Å². The molecule has 1 amide bonds. The third kappa shape index (κ3) is 4.34. The lowest BCUT2D eigenvalue weighted by Crippen LogP contribution is -2.34. The molecule has 20 heavy (non-hydrogen) atoms. The van der Waals surface area contributed by atoms with Gasteiger partial charge in [-0.1, -0.05) is 18.2 Å². The predicted molar refractivity (Wildman–Crippen MR) is 82.6 cm³/mol. The van der Waals surface area contributed by atoms with E-state index in [-0.39, 0.29) is 5.91 Å². The first-order chi connectivity index (χ1) is 9.54. The number of nitrogens with two attached hydrogens (primary N) is 1. The van der Waals surface area contributed by atoms with Gasteiger partial charge in [-0.3, -0.25) is 4.79 Å². The summed E-state index contributed by atoms with van der Waals surface area (Å²) in [4.78, 5) is 12.0. The Kier molecular flexibility index (Phi) is 5.18. The van der Waals surface area contributed by atoms with Gasteiger partial charge in [-0.25, -0.2) is 0 Å². The molecular formula is C17H26N2O. The first-order valence-electron chi connectivity index (χ1n) is 7.63. The van der Waals surface area contributed by atoms with Gasteiger partial charge in [0.1, 0.15) is 0 Å². The number of nitrogens with one attached hydrogen (secondary N) is 1. The van der Waals surface area contributed by atoms with Crippen LogP contribution in [0.3, 0.4) is 0 Å². The fourth-order valence-electron chi connectivity index (χ4n) is 2.81. The van der Waals surface area contributed by atoms with Crippen molar-refractivity contribution in [2.24, 2.45) is 11.7 Å². The Hall–Kier alpha value is -1.35. The standard InChI is InChI=1S/C17H26N2O/c1-12-3-4-15(9-13(12)2)10-17(20)19-11-14-5-7-16(18)8-6-14/h3-4,9,14,16H,5-8,10-11,18H2,1-2H3,(H,19,20). The lowest BCUT2D eigenvalue weighted by molar-refractivity contribution is -0.120. The summed E-state index contributed by atoms with van der Waals surface area (Å²) in [6, 6.07) is 6.61. The predicted octanol–water partition coefficient (Wildman–Crippen LogP) is 2.48. The minimum atomic E-state index is 0.128. The summed E-state index contributed by atoms with van der Waals surface area (Å²) in [5.74, 6) is 0.738. The molecular weight excluding hydrogens is 248 g/mol. The van der Waals surface area contributed by atoms with Gasteiger partial charge in [0.2, 0.25) is 5.91 Å². The molecule has 1 aromatic carbocycles. The molecule has 0 spiro atoms. The molecule has 1 saturated carbocycles. The van der Waals surface area contributed by atoms with Crippen LogP contribution in [0.4, 0.5) is 0 Å². The number of amides is 1. The van der Waals surface area contributed by atoms with Crippen molar-refractivity contribution in [2.45, 2.75) is 52.0 Å². The molecule has 0 aliphatic heterocycles. The Morgan fingerprint density at radius 1 is 1.20 bits per heavy atom. The molecule has 1 aliphatic carbocycles. The van der Waals surface area contributed by atoms with E-state index in [4.69, 9.17) is 5.73 Å². The van der Waals surface area contributed by atoms with Gasteiger partial charge in [0.25, 0.3) is 0 Å². The van der Waals surface area contributed by atoms with Gasteiger partial charge >= 0.3 is 0 Å². The van der Waals surface area contributed by atoms with E-state index in [9.17, 15) is 4.79 Å². The van der Waals surface area contributed by atoms with Crippen molar-refractivity contribution in [1.82, 2.24) is 5.32 Å². The highest BCUT2D eigenvalue weighted by Crippen LogP contribution is 2.22. The van der Waals surface area contributed by atoms with Crippen molar-refractivity contribution in [2.75, 3.05) is 6.54 Å². The second kappa shape index (κ2) is 6.89. The van der Waals surface area contributed by atoms with Gasteiger partial charge in [-0.15, -0.1) is 0 Å². The highest BCUT2D eigenvalue weighted by atomic mass is 16.1. The molecule has 0 aromatic heterocycles. The van der Waals surface area contributed by atoms with Gasteiger partial charge in [-0.2, -0.15) is 0 Å². The summed E-state index contributed by atoms with van der Waals surface area (Å²) < 4.78 is 0. The van der Waals surface area contributed by atoms with Gasteiger partial charge in [-0.05, 0) is 62.1 Å². The molecule has 3 nitrogen and oxygen atoms in total. The Balaban J connectivity index is 1.76. The maximum atomic E-state index is 12.0. The van der Waals surface area contributed by atoms with Crippen LogP contribution in [0.5, 0.6) is 0 Å². The van der Waals surface area contributed by atoms with Crippen LogP contribution >= 0.6 is 0 Å². The molecule has 0 unspecified atom stereocenters. The Labute approximate surface area is 121 Å². The summed E-state index contributed by atoms with van der Waals surface area (Å²) in [7, 11) is 0. The fourth-order valence-corrected chi connectivity index (χ4v) is 2.81. The maximum Gasteiger partial charge on any atom is 0.224 e. The van der Waals surface area contributed by atoms with Crippen LogP contribution in [-0.2, 0) is 11.2 Å². The molecule has 1 aliphatic rings.